The fraction of sp³-hybridized carbons (Fsp3) is 0.636. The van der Waals surface area contributed by atoms with E-state index >= 15 is 0 Å². The molecule has 0 aliphatic rings. The van der Waals surface area contributed by atoms with Crippen LogP contribution >= 0.6 is 11.3 Å². The molecule has 0 spiro atoms. The summed E-state index contributed by atoms with van der Waals surface area (Å²) in [6.07, 6.45) is 0.362. The lowest BCUT2D eigenvalue weighted by atomic mass is 10.4. The summed E-state index contributed by atoms with van der Waals surface area (Å²) in [5.41, 5.74) is 0.951. The summed E-state index contributed by atoms with van der Waals surface area (Å²) < 4.78 is 0. The summed E-state index contributed by atoms with van der Waals surface area (Å²) in [7, 11) is 5.41. The number of thiazole rings is 1. The van der Waals surface area contributed by atoms with Gasteiger partial charge in [0.2, 0.25) is 5.91 Å². The Morgan fingerprint density at radius 1 is 1.47 bits per heavy atom. The maximum atomic E-state index is 11.5. The third kappa shape index (κ3) is 4.80. The highest BCUT2D eigenvalue weighted by molar-refractivity contribution is 7.09. The molecule has 0 aliphatic carbocycles. The molecule has 0 radical (unpaired) electrons. The van der Waals surface area contributed by atoms with Crippen molar-refractivity contribution in [3.63, 3.8) is 0 Å². The van der Waals surface area contributed by atoms with Gasteiger partial charge in [-0.1, -0.05) is 0 Å². The molecule has 1 rings (SSSR count). The van der Waals surface area contributed by atoms with Crippen LogP contribution in [0.5, 0.6) is 0 Å². The van der Waals surface area contributed by atoms with E-state index in [0.29, 0.717) is 19.5 Å². The zero-order chi connectivity index (χ0) is 12.8. The van der Waals surface area contributed by atoms with Crippen molar-refractivity contribution in [3.05, 3.63) is 16.1 Å². The lowest BCUT2D eigenvalue weighted by Gasteiger charge is -2.12. The molecule has 0 unspecified atom stereocenters. The van der Waals surface area contributed by atoms with E-state index in [-0.39, 0.29) is 12.5 Å². The van der Waals surface area contributed by atoms with Gasteiger partial charge in [-0.25, -0.2) is 4.98 Å². The number of hydrogen-bond donors (Lipinski definition) is 1. The van der Waals surface area contributed by atoms with Gasteiger partial charge in [-0.3, -0.25) is 9.69 Å². The number of likely N-dealkylation sites (N-methyl/N-ethyl adjacent to an activating group) is 2. The van der Waals surface area contributed by atoms with Gasteiger partial charge in [-0.2, -0.15) is 0 Å². The smallest absolute Gasteiger partial charge is 0.228 e. The molecule has 17 heavy (non-hydrogen) atoms. The molecule has 6 heteroatoms. The zero-order valence-electron chi connectivity index (χ0n) is 10.5. The van der Waals surface area contributed by atoms with Crippen LogP contribution < -0.4 is 0 Å². The molecule has 1 amide bonds. The third-order valence-electron chi connectivity index (χ3n) is 2.31. The molecular weight excluding hydrogens is 238 g/mol. The SMILES string of the molecule is CN(CCO)Cc1csc(CC(=O)N(C)C)n1. The molecule has 0 aliphatic heterocycles. The molecule has 96 valence electrons. The van der Waals surface area contributed by atoms with E-state index in [1.165, 1.54) is 11.3 Å². The largest absolute Gasteiger partial charge is 0.395 e. The Kier molecular flexibility index (Phi) is 5.54. The van der Waals surface area contributed by atoms with E-state index in [4.69, 9.17) is 5.11 Å². The number of carbonyl (C=O) groups excluding carboxylic acids is 1. The van der Waals surface area contributed by atoms with E-state index in [1.807, 2.05) is 17.3 Å². The number of nitrogens with zero attached hydrogens (tertiary/aromatic N) is 3. The van der Waals surface area contributed by atoms with Crippen molar-refractivity contribution >= 4 is 17.2 Å². The number of aliphatic hydroxyl groups is 1. The standard InChI is InChI=1S/C11H19N3O2S/c1-13(2)11(16)6-10-12-9(8-17-10)7-14(3)4-5-15/h8,15H,4-7H2,1-3H3. The Hall–Kier alpha value is -0.980. The molecular formula is C11H19N3O2S. The summed E-state index contributed by atoms with van der Waals surface area (Å²) in [6, 6.07) is 0. The molecule has 1 aromatic heterocycles. The maximum Gasteiger partial charge on any atom is 0.228 e. The van der Waals surface area contributed by atoms with Crippen molar-refractivity contribution in [2.75, 3.05) is 34.3 Å². The normalized spacial score (nSPS) is 10.9. The summed E-state index contributed by atoms with van der Waals surface area (Å²) >= 11 is 1.51. The van der Waals surface area contributed by atoms with Gasteiger partial charge in [-0.15, -0.1) is 11.3 Å². The van der Waals surface area contributed by atoms with Crippen molar-refractivity contribution < 1.29 is 9.90 Å². The monoisotopic (exact) mass is 257 g/mol. The first-order valence-corrected chi connectivity index (χ1v) is 6.33. The topological polar surface area (TPSA) is 56.7 Å². The summed E-state index contributed by atoms with van der Waals surface area (Å²) in [4.78, 5) is 19.5. The van der Waals surface area contributed by atoms with Crippen LogP contribution in [0.3, 0.4) is 0 Å². The van der Waals surface area contributed by atoms with Gasteiger partial charge in [0.25, 0.3) is 0 Å². The number of aromatic nitrogens is 1. The predicted molar refractivity (Wildman–Crippen MR) is 67.9 cm³/mol. The molecule has 5 nitrogen and oxygen atoms in total. The fourth-order valence-corrected chi connectivity index (χ4v) is 2.09. The number of amides is 1. The van der Waals surface area contributed by atoms with Crippen LogP contribution in [0, 0.1) is 0 Å². The molecule has 0 aromatic carbocycles. The maximum absolute atomic E-state index is 11.5. The van der Waals surface area contributed by atoms with Gasteiger partial charge < -0.3 is 10.0 Å². The molecule has 1 heterocycles. The Labute approximate surface area is 106 Å². The molecule has 1 aromatic rings. The molecule has 0 bridgehead atoms. The van der Waals surface area contributed by atoms with E-state index in [9.17, 15) is 4.79 Å². The van der Waals surface area contributed by atoms with Crippen LogP contribution in [0.15, 0.2) is 5.38 Å². The van der Waals surface area contributed by atoms with Crippen molar-refractivity contribution in [2.24, 2.45) is 0 Å². The third-order valence-corrected chi connectivity index (χ3v) is 3.21. The highest BCUT2D eigenvalue weighted by Gasteiger charge is 2.10. The van der Waals surface area contributed by atoms with Gasteiger partial charge in [0, 0.05) is 32.6 Å². The second kappa shape index (κ2) is 6.68. The molecule has 0 saturated heterocycles. The van der Waals surface area contributed by atoms with E-state index in [1.54, 1.807) is 19.0 Å². The van der Waals surface area contributed by atoms with Gasteiger partial charge in [0.15, 0.2) is 0 Å². The van der Waals surface area contributed by atoms with Crippen LogP contribution in [-0.2, 0) is 17.8 Å². The van der Waals surface area contributed by atoms with Gasteiger partial charge in [0.05, 0.1) is 18.7 Å². The summed E-state index contributed by atoms with van der Waals surface area (Å²) in [5, 5.41) is 11.6. The quantitative estimate of drug-likeness (QED) is 0.791. The van der Waals surface area contributed by atoms with Gasteiger partial charge >= 0.3 is 0 Å². The van der Waals surface area contributed by atoms with E-state index in [0.717, 1.165) is 10.7 Å². The predicted octanol–water partition coefficient (Wildman–Crippen LogP) is 0.198. The number of hydrogen-bond acceptors (Lipinski definition) is 5. The minimum Gasteiger partial charge on any atom is -0.395 e. The fourth-order valence-electron chi connectivity index (χ4n) is 1.32. The minimum absolute atomic E-state index is 0.0645. The van der Waals surface area contributed by atoms with E-state index in [2.05, 4.69) is 4.98 Å². The Morgan fingerprint density at radius 3 is 2.76 bits per heavy atom. The van der Waals surface area contributed by atoms with Crippen molar-refractivity contribution in [1.29, 1.82) is 0 Å². The lowest BCUT2D eigenvalue weighted by molar-refractivity contribution is -0.127. The summed E-state index contributed by atoms with van der Waals surface area (Å²) in [5.74, 6) is 0.0645. The Morgan fingerprint density at radius 2 is 2.18 bits per heavy atom. The molecule has 0 fully saturated rings. The van der Waals surface area contributed by atoms with Gasteiger partial charge in [0.1, 0.15) is 5.01 Å². The second-order valence-electron chi connectivity index (χ2n) is 4.16. The van der Waals surface area contributed by atoms with Crippen LogP contribution in [0.25, 0.3) is 0 Å². The first-order chi connectivity index (χ1) is 8.02. The van der Waals surface area contributed by atoms with Crippen molar-refractivity contribution in [1.82, 2.24) is 14.8 Å². The minimum atomic E-state index is 0.0645. The first kappa shape index (κ1) is 14.1. The van der Waals surface area contributed by atoms with Gasteiger partial charge in [-0.05, 0) is 7.05 Å². The van der Waals surface area contributed by atoms with Crippen LogP contribution in [0.2, 0.25) is 0 Å². The Bertz CT molecular complexity index is 365. The molecule has 0 saturated carbocycles. The molecule has 1 N–H and O–H groups in total. The van der Waals surface area contributed by atoms with E-state index < -0.39 is 0 Å². The van der Waals surface area contributed by atoms with Crippen molar-refractivity contribution in [3.8, 4) is 0 Å². The molecule has 0 atom stereocenters. The lowest BCUT2D eigenvalue weighted by Crippen LogP contribution is -2.23. The van der Waals surface area contributed by atoms with Crippen molar-refractivity contribution in [2.45, 2.75) is 13.0 Å². The Balaban J connectivity index is 2.50. The first-order valence-electron chi connectivity index (χ1n) is 5.45. The highest BCUT2D eigenvalue weighted by atomic mass is 32.1. The van der Waals surface area contributed by atoms with Crippen LogP contribution in [0.4, 0.5) is 0 Å². The number of aliphatic hydroxyl groups excluding tert-OH is 1. The average molecular weight is 257 g/mol. The zero-order valence-corrected chi connectivity index (χ0v) is 11.3. The summed E-state index contributed by atoms with van der Waals surface area (Å²) in [6.45, 7) is 1.48. The number of carbonyl (C=O) groups is 1. The van der Waals surface area contributed by atoms with Crippen LogP contribution in [0.1, 0.15) is 10.7 Å². The van der Waals surface area contributed by atoms with Crippen LogP contribution in [-0.4, -0.2) is 60.1 Å². The number of rotatable bonds is 6. The second-order valence-corrected chi connectivity index (χ2v) is 5.10. The average Bonchev–Trinajstić information content (AvgIpc) is 2.65. The highest BCUT2D eigenvalue weighted by Crippen LogP contribution is 2.12.